The molecule has 0 saturated heterocycles. The Morgan fingerprint density at radius 2 is 2.08 bits per heavy atom. The van der Waals surface area contributed by atoms with Gasteiger partial charge in [-0.05, 0) is 41.5 Å². The van der Waals surface area contributed by atoms with E-state index in [0.29, 0.717) is 28.8 Å². The third-order valence-corrected chi connectivity index (χ3v) is 4.35. The number of allylic oxidation sites excluding steroid dienone is 1. The standard InChI is InChI=1S/C17H20ClN5O2/c1-3-4-5-10-25-16(24)14-11(2)19-17-20-21-22-23(17)15(14)12-6-8-13(18)9-7-12/h6-9,15H,3-5,10H2,1-2H3,(H,19,20,22). The fraction of sp³-hybridized carbons (Fsp3) is 0.412. The van der Waals surface area contributed by atoms with Crippen LogP contribution in [0.15, 0.2) is 35.5 Å². The number of nitrogens with zero attached hydrogens (tertiary/aromatic N) is 4. The molecule has 0 spiro atoms. The lowest BCUT2D eigenvalue weighted by Crippen LogP contribution is -2.29. The molecule has 0 aliphatic carbocycles. The molecule has 1 aromatic carbocycles. The highest BCUT2D eigenvalue weighted by molar-refractivity contribution is 6.30. The maximum Gasteiger partial charge on any atom is 0.338 e. The summed E-state index contributed by atoms with van der Waals surface area (Å²) in [7, 11) is 0. The molecule has 25 heavy (non-hydrogen) atoms. The number of tetrazole rings is 1. The molecule has 2 aromatic rings. The van der Waals surface area contributed by atoms with Gasteiger partial charge in [-0.1, -0.05) is 48.6 Å². The molecule has 7 nitrogen and oxygen atoms in total. The van der Waals surface area contributed by atoms with E-state index in [0.717, 1.165) is 24.8 Å². The van der Waals surface area contributed by atoms with Crippen molar-refractivity contribution in [1.82, 2.24) is 20.2 Å². The van der Waals surface area contributed by atoms with E-state index in [4.69, 9.17) is 16.3 Å². The van der Waals surface area contributed by atoms with Gasteiger partial charge in [0.15, 0.2) is 0 Å². The van der Waals surface area contributed by atoms with E-state index in [1.54, 1.807) is 16.8 Å². The molecule has 1 atom stereocenters. The predicted molar refractivity (Wildman–Crippen MR) is 94.2 cm³/mol. The van der Waals surface area contributed by atoms with Crippen molar-refractivity contribution in [3.8, 4) is 0 Å². The molecule has 0 fully saturated rings. The molecule has 0 radical (unpaired) electrons. The van der Waals surface area contributed by atoms with Gasteiger partial charge in [0.2, 0.25) is 5.95 Å². The Morgan fingerprint density at radius 3 is 2.80 bits per heavy atom. The van der Waals surface area contributed by atoms with Crippen LogP contribution in [0.1, 0.15) is 44.7 Å². The summed E-state index contributed by atoms with van der Waals surface area (Å²) < 4.78 is 7.06. The van der Waals surface area contributed by atoms with Crippen LogP contribution in [0.5, 0.6) is 0 Å². The first-order valence-corrected chi connectivity index (χ1v) is 8.68. The molecule has 0 bridgehead atoms. The minimum absolute atomic E-state index is 0.359. The Bertz CT molecular complexity index is 785. The summed E-state index contributed by atoms with van der Waals surface area (Å²) in [6.07, 6.45) is 2.95. The fourth-order valence-corrected chi connectivity index (χ4v) is 2.95. The Labute approximate surface area is 151 Å². The number of unbranched alkanes of at least 4 members (excludes halogenated alkanes) is 2. The minimum atomic E-state index is -0.456. The zero-order valence-electron chi connectivity index (χ0n) is 14.2. The lowest BCUT2D eigenvalue weighted by Gasteiger charge is -2.27. The smallest absolute Gasteiger partial charge is 0.338 e. The number of hydrogen-bond acceptors (Lipinski definition) is 6. The second-order valence-electron chi connectivity index (χ2n) is 5.91. The summed E-state index contributed by atoms with van der Waals surface area (Å²) in [5, 5.41) is 15.4. The number of carbonyl (C=O) groups is 1. The van der Waals surface area contributed by atoms with Gasteiger partial charge in [0, 0.05) is 10.7 Å². The molecule has 3 rings (SSSR count). The Morgan fingerprint density at radius 1 is 1.32 bits per heavy atom. The number of aromatic nitrogens is 4. The predicted octanol–water partition coefficient (Wildman–Crippen LogP) is 3.35. The molecule has 0 saturated carbocycles. The highest BCUT2D eigenvalue weighted by atomic mass is 35.5. The zero-order chi connectivity index (χ0) is 17.8. The van der Waals surface area contributed by atoms with Gasteiger partial charge in [0.1, 0.15) is 6.04 Å². The summed E-state index contributed by atoms with van der Waals surface area (Å²) in [6, 6.07) is 6.83. The maximum absolute atomic E-state index is 12.7. The van der Waals surface area contributed by atoms with Gasteiger partial charge in [-0.15, -0.1) is 0 Å². The molecule has 2 heterocycles. The van der Waals surface area contributed by atoms with Crippen molar-refractivity contribution in [3.05, 3.63) is 46.1 Å². The van der Waals surface area contributed by atoms with Crippen molar-refractivity contribution in [2.45, 2.75) is 39.2 Å². The van der Waals surface area contributed by atoms with Crippen LogP contribution in [0.25, 0.3) is 0 Å². The molecule has 1 aromatic heterocycles. The Hall–Kier alpha value is -2.41. The van der Waals surface area contributed by atoms with Crippen LogP contribution >= 0.6 is 11.6 Å². The molecule has 132 valence electrons. The van der Waals surface area contributed by atoms with Crippen LogP contribution in [0.3, 0.4) is 0 Å². The molecular formula is C17H20ClN5O2. The first kappa shape index (κ1) is 17.4. The van der Waals surface area contributed by atoms with Gasteiger partial charge in [-0.25, -0.2) is 4.79 Å². The van der Waals surface area contributed by atoms with Crippen LogP contribution in [0.4, 0.5) is 5.95 Å². The van der Waals surface area contributed by atoms with Gasteiger partial charge in [-0.2, -0.15) is 4.68 Å². The number of nitrogens with one attached hydrogen (secondary N) is 1. The van der Waals surface area contributed by atoms with Crippen LogP contribution in [0, 0.1) is 0 Å². The second-order valence-corrected chi connectivity index (χ2v) is 6.34. The quantitative estimate of drug-likeness (QED) is 0.627. The zero-order valence-corrected chi connectivity index (χ0v) is 15.0. The number of anilines is 1. The number of esters is 1. The van der Waals surface area contributed by atoms with Gasteiger partial charge >= 0.3 is 5.97 Å². The van der Waals surface area contributed by atoms with Crippen molar-refractivity contribution in [2.75, 3.05) is 11.9 Å². The van der Waals surface area contributed by atoms with E-state index in [9.17, 15) is 4.79 Å². The third-order valence-electron chi connectivity index (χ3n) is 4.10. The minimum Gasteiger partial charge on any atom is -0.462 e. The summed E-state index contributed by atoms with van der Waals surface area (Å²) in [5.74, 6) is 0.127. The fourth-order valence-electron chi connectivity index (χ4n) is 2.82. The van der Waals surface area contributed by atoms with Gasteiger partial charge < -0.3 is 10.1 Å². The number of ether oxygens (including phenoxy) is 1. The van der Waals surface area contributed by atoms with Crippen LogP contribution in [-0.4, -0.2) is 32.8 Å². The Kier molecular flexibility index (Phi) is 5.33. The number of carbonyl (C=O) groups excluding carboxylic acids is 1. The highest BCUT2D eigenvalue weighted by Crippen LogP contribution is 2.35. The average molecular weight is 362 g/mol. The van der Waals surface area contributed by atoms with Crippen LogP contribution in [0.2, 0.25) is 5.02 Å². The van der Waals surface area contributed by atoms with E-state index in [1.807, 2.05) is 19.1 Å². The van der Waals surface area contributed by atoms with Crippen LogP contribution in [-0.2, 0) is 9.53 Å². The van der Waals surface area contributed by atoms with Gasteiger partial charge in [0.05, 0.1) is 12.2 Å². The van der Waals surface area contributed by atoms with Crippen molar-refractivity contribution in [3.63, 3.8) is 0 Å². The third kappa shape index (κ3) is 3.66. The van der Waals surface area contributed by atoms with E-state index in [1.165, 1.54) is 0 Å². The molecule has 1 unspecified atom stereocenters. The maximum atomic E-state index is 12.7. The lowest BCUT2D eigenvalue weighted by atomic mass is 9.96. The van der Waals surface area contributed by atoms with E-state index in [-0.39, 0.29) is 5.97 Å². The number of hydrogen-bond donors (Lipinski definition) is 1. The summed E-state index contributed by atoms with van der Waals surface area (Å²) >= 11 is 5.99. The molecule has 8 heteroatoms. The molecular weight excluding hydrogens is 342 g/mol. The van der Waals surface area contributed by atoms with Gasteiger partial charge in [0.25, 0.3) is 0 Å². The summed E-state index contributed by atoms with van der Waals surface area (Å²) in [6.45, 7) is 4.33. The van der Waals surface area contributed by atoms with Crippen molar-refractivity contribution in [1.29, 1.82) is 0 Å². The molecule has 1 N–H and O–H groups in total. The van der Waals surface area contributed by atoms with E-state index >= 15 is 0 Å². The normalized spacial score (nSPS) is 16.4. The molecule has 0 amide bonds. The first-order chi connectivity index (χ1) is 12.1. The number of rotatable bonds is 6. The van der Waals surface area contributed by atoms with E-state index < -0.39 is 6.04 Å². The highest BCUT2D eigenvalue weighted by Gasteiger charge is 2.34. The SMILES string of the molecule is CCCCCOC(=O)C1=C(C)Nc2nnnn2C1c1ccc(Cl)cc1. The van der Waals surface area contributed by atoms with Crippen LogP contribution < -0.4 is 5.32 Å². The van der Waals surface area contributed by atoms with Crippen molar-refractivity contribution >= 4 is 23.5 Å². The number of halogens is 1. The van der Waals surface area contributed by atoms with Crippen molar-refractivity contribution < 1.29 is 9.53 Å². The first-order valence-electron chi connectivity index (χ1n) is 8.30. The van der Waals surface area contributed by atoms with Crippen molar-refractivity contribution in [2.24, 2.45) is 0 Å². The second kappa shape index (κ2) is 7.65. The van der Waals surface area contributed by atoms with Gasteiger partial charge in [-0.3, -0.25) is 0 Å². The molecule has 1 aliphatic rings. The summed E-state index contributed by atoms with van der Waals surface area (Å²) in [4.78, 5) is 12.7. The average Bonchev–Trinajstić information content (AvgIpc) is 3.06. The number of fused-ring (bicyclic) bond motifs is 1. The number of benzene rings is 1. The van der Waals surface area contributed by atoms with E-state index in [2.05, 4.69) is 27.8 Å². The Balaban J connectivity index is 1.92. The monoisotopic (exact) mass is 361 g/mol. The molecule has 1 aliphatic heterocycles. The lowest BCUT2D eigenvalue weighted by molar-refractivity contribution is -0.139. The largest absolute Gasteiger partial charge is 0.462 e. The summed E-state index contributed by atoms with van der Waals surface area (Å²) in [5.41, 5.74) is 2.04. The topological polar surface area (TPSA) is 81.9 Å².